The van der Waals surface area contributed by atoms with E-state index in [0.29, 0.717) is 5.69 Å². The van der Waals surface area contributed by atoms with E-state index in [2.05, 4.69) is 30.2 Å². The van der Waals surface area contributed by atoms with E-state index in [1.165, 1.54) is 6.26 Å². The summed E-state index contributed by atoms with van der Waals surface area (Å²) in [7, 11) is 0. The predicted octanol–water partition coefficient (Wildman–Crippen LogP) is 4.63. The van der Waals surface area contributed by atoms with Crippen molar-refractivity contribution in [2.45, 2.75) is 32.3 Å². The molecule has 0 fully saturated rings. The summed E-state index contributed by atoms with van der Waals surface area (Å²) in [6, 6.07) is 7.29. The van der Waals surface area contributed by atoms with Crippen molar-refractivity contribution in [3.63, 3.8) is 0 Å². The van der Waals surface area contributed by atoms with E-state index in [-0.39, 0.29) is 6.10 Å². The van der Waals surface area contributed by atoms with E-state index in [1.54, 1.807) is 12.1 Å². The molecule has 0 aliphatic rings. The van der Waals surface area contributed by atoms with Crippen molar-refractivity contribution < 1.29 is 4.74 Å². The Hall–Kier alpha value is -2.19. The molecule has 18 heavy (non-hydrogen) atoms. The molecular weight excluding hydrogens is 222 g/mol. The van der Waals surface area contributed by atoms with Gasteiger partial charge in [0, 0.05) is 12.0 Å². The van der Waals surface area contributed by atoms with Crippen LogP contribution in [-0.2, 0) is 4.74 Å². The van der Waals surface area contributed by atoms with E-state index in [4.69, 9.17) is 11.3 Å². The van der Waals surface area contributed by atoms with Gasteiger partial charge in [-0.05, 0) is 6.42 Å². The minimum atomic E-state index is -0.292. The topological polar surface area (TPSA) is 13.6 Å². The van der Waals surface area contributed by atoms with E-state index in [1.807, 2.05) is 12.1 Å². The standard InChI is InChI=1S/C16H17NO/c1-4-6-7-8-9-16(18-5-2)14-10-12-15(17-3)13-11-14/h5,10-13,16H,2,4,6-7H2,1H3. The van der Waals surface area contributed by atoms with E-state index < -0.39 is 0 Å². The third-order valence-electron chi connectivity index (χ3n) is 2.45. The largest absolute Gasteiger partial charge is 0.481 e. The van der Waals surface area contributed by atoms with Gasteiger partial charge in [-0.3, -0.25) is 0 Å². The zero-order valence-electron chi connectivity index (χ0n) is 10.6. The molecule has 0 N–H and O–H groups in total. The van der Waals surface area contributed by atoms with Crippen LogP contribution in [0.2, 0.25) is 0 Å². The predicted molar refractivity (Wildman–Crippen MR) is 74.0 cm³/mol. The molecule has 0 aliphatic heterocycles. The van der Waals surface area contributed by atoms with Crippen molar-refractivity contribution in [2.24, 2.45) is 0 Å². The first kappa shape index (κ1) is 13.9. The molecule has 1 unspecified atom stereocenters. The third kappa shape index (κ3) is 4.36. The average Bonchev–Trinajstić information content (AvgIpc) is 2.42. The Kier molecular flexibility index (Phi) is 6.15. The van der Waals surface area contributed by atoms with Gasteiger partial charge in [0.2, 0.25) is 0 Å². The minimum Gasteiger partial charge on any atom is -0.481 e. The maximum atomic E-state index is 6.91. The minimum absolute atomic E-state index is 0.292. The van der Waals surface area contributed by atoms with Crippen LogP contribution in [0.25, 0.3) is 4.85 Å². The molecule has 2 heteroatoms. The fraction of sp³-hybridized carbons (Fsp3) is 0.312. The maximum Gasteiger partial charge on any atom is 0.187 e. The van der Waals surface area contributed by atoms with E-state index in [0.717, 1.165) is 24.8 Å². The number of rotatable bonds is 5. The van der Waals surface area contributed by atoms with E-state index in [9.17, 15) is 0 Å². The van der Waals surface area contributed by atoms with Crippen LogP contribution in [0.1, 0.15) is 37.9 Å². The number of ether oxygens (including phenoxy) is 1. The lowest BCUT2D eigenvalue weighted by Crippen LogP contribution is -1.97. The van der Waals surface area contributed by atoms with Crippen LogP contribution < -0.4 is 0 Å². The summed E-state index contributed by atoms with van der Waals surface area (Å²) in [5.74, 6) is 6.20. The summed E-state index contributed by atoms with van der Waals surface area (Å²) in [6.07, 6.45) is 4.24. The maximum absolute atomic E-state index is 6.91. The van der Waals surface area contributed by atoms with Crippen LogP contribution in [0, 0.1) is 18.4 Å². The van der Waals surface area contributed by atoms with Crippen LogP contribution >= 0.6 is 0 Å². The molecule has 0 heterocycles. The smallest absolute Gasteiger partial charge is 0.187 e. The molecule has 0 amide bonds. The van der Waals surface area contributed by atoms with Gasteiger partial charge in [0.25, 0.3) is 0 Å². The van der Waals surface area contributed by atoms with Crippen molar-refractivity contribution in [1.82, 2.24) is 0 Å². The number of unbranched alkanes of at least 4 members (excludes halogenated alkanes) is 2. The van der Waals surface area contributed by atoms with Gasteiger partial charge >= 0.3 is 0 Å². The summed E-state index contributed by atoms with van der Waals surface area (Å²) < 4.78 is 5.39. The number of nitrogens with zero attached hydrogens (tertiary/aromatic N) is 1. The lowest BCUT2D eigenvalue weighted by molar-refractivity contribution is 0.199. The van der Waals surface area contributed by atoms with Gasteiger partial charge in [0.15, 0.2) is 11.8 Å². The molecular formula is C16H17NO. The van der Waals surface area contributed by atoms with Crippen LogP contribution in [0.5, 0.6) is 0 Å². The molecule has 1 rings (SSSR count). The normalized spacial score (nSPS) is 10.7. The quantitative estimate of drug-likeness (QED) is 0.316. The van der Waals surface area contributed by atoms with Gasteiger partial charge in [0.1, 0.15) is 0 Å². The molecule has 1 aromatic rings. The fourth-order valence-corrected chi connectivity index (χ4v) is 1.45. The van der Waals surface area contributed by atoms with Gasteiger partial charge in [-0.1, -0.05) is 56.0 Å². The van der Waals surface area contributed by atoms with Crippen molar-refractivity contribution in [1.29, 1.82) is 0 Å². The molecule has 0 aliphatic carbocycles. The number of hydrogen-bond acceptors (Lipinski definition) is 1. The number of hydrogen-bond donors (Lipinski definition) is 0. The van der Waals surface area contributed by atoms with Crippen LogP contribution in [0.4, 0.5) is 5.69 Å². The highest BCUT2D eigenvalue weighted by Crippen LogP contribution is 2.20. The second kappa shape index (κ2) is 7.98. The average molecular weight is 239 g/mol. The molecule has 1 atom stereocenters. The first-order valence-electron chi connectivity index (χ1n) is 6.04. The molecule has 1 aromatic carbocycles. The Morgan fingerprint density at radius 2 is 2.17 bits per heavy atom. The summed E-state index contributed by atoms with van der Waals surface area (Å²) >= 11 is 0. The molecule has 2 nitrogen and oxygen atoms in total. The van der Waals surface area contributed by atoms with Crippen LogP contribution in [0.3, 0.4) is 0 Å². The lowest BCUT2D eigenvalue weighted by Gasteiger charge is -2.10. The van der Waals surface area contributed by atoms with Crippen molar-refractivity contribution in [3.05, 3.63) is 54.1 Å². The van der Waals surface area contributed by atoms with Gasteiger partial charge in [-0.25, -0.2) is 4.85 Å². The van der Waals surface area contributed by atoms with Crippen molar-refractivity contribution in [2.75, 3.05) is 0 Å². The van der Waals surface area contributed by atoms with Crippen molar-refractivity contribution in [3.8, 4) is 11.8 Å². The summed E-state index contributed by atoms with van der Waals surface area (Å²) in [6.45, 7) is 12.6. The molecule has 0 saturated carbocycles. The Morgan fingerprint density at radius 3 is 2.72 bits per heavy atom. The van der Waals surface area contributed by atoms with Crippen LogP contribution in [0.15, 0.2) is 37.1 Å². The second-order valence-electron chi connectivity index (χ2n) is 3.81. The zero-order chi connectivity index (χ0) is 13.2. The first-order valence-corrected chi connectivity index (χ1v) is 6.04. The molecule has 0 aromatic heterocycles. The summed E-state index contributed by atoms with van der Waals surface area (Å²) in [5.41, 5.74) is 1.57. The van der Waals surface area contributed by atoms with Gasteiger partial charge in [-0.15, -0.1) is 0 Å². The summed E-state index contributed by atoms with van der Waals surface area (Å²) in [4.78, 5) is 3.36. The third-order valence-corrected chi connectivity index (χ3v) is 2.45. The second-order valence-corrected chi connectivity index (χ2v) is 3.81. The van der Waals surface area contributed by atoms with Crippen molar-refractivity contribution >= 4 is 5.69 Å². The monoisotopic (exact) mass is 239 g/mol. The van der Waals surface area contributed by atoms with Gasteiger partial charge < -0.3 is 4.74 Å². The lowest BCUT2D eigenvalue weighted by atomic mass is 10.1. The fourth-order valence-electron chi connectivity index (χ4n) is 1.45. The van der Waals surface area contributed by atoms with Crippen LogP contribution in [-0.4, -0.2) is 0 Å². The van der Waals surface area contributed by atoms with E-state index >= 15 is 0 Å². The molecule has 0 radical (unpaired) electrons. The highest BCUT2D eigenvalue weighted by Gasteiger charge is 2.07. The molecule has 0 spiro atoms. The first-order chi connectivity index (χ1) is 8.81. The summed E-state index contributed by atoms with van der Waals surface area (Å²) in [5, 5.41) is 0. The SMILES string of the molecule is [C-]#[N+]c1ccc(C(C#CCCCC)OC=C)cc1. The Morgan fingerprint density at radius 1 is 1.44 bits per heavy atom. The zero-order valence-corrected chi connectivity index (χ0v) is 10.6. The van der Waals surface area contributed by atoms with Gasteiger partial charge in [-0.2, -0.15) is 0 Å². The Labute approximate surface area is 109 Å². The molecule has 92 valence electrons. The number of benzene rings is 1. The molecule has 0 bridgehead atoms. The van der Waals surface area contributed by atoms with Gasteiger partial charge in [0.05, 0.1) is 12.8 Å². The Balaban J connectivity index is 2.78. The highest BCUT2D eigenvalue weighted by atomic mass is 16.5. The highest BCUT2D eigenvalue weighted by molar-refractivity contribution is 5.46. The Bertz CT molecular complexity index is 471. The molecule has 0 saturated heterocycles.